The van der Waals surface area contributed by atoms with Gasteiger partial charge in [0, 0.05) is 45.6 Å². The molecule has 11 heteroatoms. The quantitative estimate of drug-likeness (QED) is 0.313. The molecule has 0 saturated heterocycles. The Kier molecular flexibility index (Phi) is 8.30. The van der Waals surface area contributed by atoms with Crippen LogP contribution in [0, 0.1) is 5.82 Å². The predicted molar refractivity (Wildman–Crippen MR) is 147 cm³/mol. The minimum absolute atomic E-state index is 0.0786. The highest BCUT2D eigenvalue weighted by Crippen LogP contribution is 2.43. The number of amides is 2. The third-order valence-electron chi connectivity index (χ3n) is 6.14. The SMILES string of the molecule is C=C(C1=C(N(N)c2ccc(C(=O)N(C)CCOC)cc2F)c2sc(NC(C)=O)nc2CC1)c1cccnc1. The van der Waals surface area contributed by atoms with E-state index in [1.54, 1.807) is 32.6 Å². The van der Waals surface area contributed by atoms with Gasteiger partial charge in [0.25, 0.3) is 5.91 Å². The van der Waals surface area contributed by atoms with Gasteiger partial charge in [-0.3, -0.25) is 19.6 Å². The molecule has 0 fully saturated rings. The van der Waals surface area contributed by atoms with Crippen molar-refractivity contribution in [2.75, 3.05) is 37.6 Å². The van der Waals surface area contributed by atoms with Gasteiger partial charge < -0.3 is 15.0 Å². The van der Waals surface area contributed by atoms with Crippen molar-refractivity contribution in [3.05, 3.63) is 82.4 Å². The molecule has 38 heavy (non-hydrogen) atoms. The van der Waals surface area contributed by atoms with Crippen LogP contribution in [0.1, 0.15) is 39.8 Å². The number of nitrogens with one attached hydrogen (secondary N) is 1. The molecule has 2 amide bonds. The summed E-state index contributed by atoms with van der Waals surface area (Å²) in [5.74, 6) is 5.38. The maximum Gasteiger partial charge on any atom is 0.253 e. The highest BCUT2D eigenvalue weighted by molar-refractivity contribution is 7.17. The van der Waals surface area contributed by atoms with Gasteiger partial charge in [-0.25, -0.2) is 15.2 Å². The van der Waals surface area contributed by atoms with E-state index in [-0.39, 0.29) is 23.1 Å². The molecule has 9 nitrogen and oxygen atoms in total. The average molecular weight is 537 g/mol. The second-order valence-corrected chi connectivity index (χ2v) is 9.78. The van der Waals surface area contributed by atoms with E-state index in [0.29, 0.717) is 47.3 Å². The monoisotopic (exact) mass is 536 g/mol. The molecular weight excluding hydrogens is 507 g/mol. The first-order valence-electron chi connectivity index (χ1n) is 11.9. The van der Waals surface area contributed by atoms with E-state index in [2.05, 4.69) is 21.9 Å². The van der Waals surface area contributed by atoms with Gasteiger partial charge in [-0.15, -0.1) is 0 Å². The van der Waals surface area contributed by atoms with Gasteiger partial charge in [0.1, 0.15) is 5.82 Å². The van der Waals surface area contributed by atoms with Crippen molar-refractivity contribution in [2.45, 2.75) is 19.8 Å². The molecule has 1 aliphatic rings. The lowest BCUT2D eigenvalue weighted by Crippen LogP contribution is -2.33. The van der Waals surface area contributed by atoms with Crippen LogP contribution in [-0.2, 0) is 16.0 Å². The van der Waals surface area contributed by atoms with Crippen molar-refractivity contribution >= 4 is 45.2 Å². The van der Waals surface area contributed by atoms with E-state index < -0.39 is 5.82 Å². The molecule has 0 bridgehead atoms. The number of aromatic nitrogens is 2. The fraction of sp³-hybridized carbons (Fsp3) is 0.259. The Labute approximate surface area is 224 Å². The number of hydrazine groups is 1. The van der Waals surface area contributed by atoms with Crippen LogP contribution in [0.15, 0.2) is 54.9 Å². The highest BCUT2D eigenvalue weighted by atomic mass is 32.1. The Morgan fingerprint density at radius 1 is 1.26 bits per heavy atom. The molecule has 0 unspecified atom stereocenters. The van der Waals surface area contributed by atoms with Crippen molar-refractivity contribution in [3.8, 4) is 0 Å². The molecule has 3 aromatic rings. The number of rotatable bonds is 9. The standard InChI is InChI=1S/C27H29FN6O3S/c1-16(19-6-5-11-30-15-19)20-8-9-22-25(38-27(32-22)31-17(2)35)24(20)34(29)23-10-7-18(14-21(23)28)26(36)33(3)12-13-37-4/h5-7,10-11,14-15H,1,8-9,12-13,29H2,2-4H3,(H,31,32,35). The average Bonchev–Trinajstić information content (AvgIpc) is 3.32. The normalized spacial score (nSPS) is 12.7. The van der Waals surface area contributed by atoms with Crippen molar-refractivity contribution in [3.63, 3.8) is 0 Å². The van der Waals surface area contributed by atoms with Crippen LogP contribution in [0.2, 0.25) is 0 Å². The molecular formula is C27H29FN6O3S. The Balaban J connectivity index is 1.77. The second kappa shape index (κ2) is 11.6. The van der Waals surface area contributed by atoms with E-state index in [0.717, 1.165) is 16.8 Å². The third kappa shape index (κ3) is 5.64. The Bertz CT molecular complexity index is 1410. The molecule has 0 spiro atoms. The molecule has 0 saturated carbocycles. The molecule has 4 rings (SSSR count). The maximum absolute atomic E-state index is 15.5. The maximum atomic E-state index is 15.5. The van der Waals surface area contributed by atoms with Crippen LogP contribution < -0.4 is 16.2 Å². The lowest BCUT2D eigenvalue weighted by Gasteiger charge is -2.29. The summed E-state index contributed by atoms with van der Waals surface area (Å²) in [5, 5.41) is 4.42. The lowest BCUT2D eigenvalue weighted by molar-refractivity contribution is -0.114. The van der Waals surface area contributed by atoms with Gasteiger partial charge in [-0.1, -0.05) is 24.0 Å². The van der Waals surface area contributed by atoms with Crippen molar-refractivity contribution < 1.29 is 18.7 Å². The van der Waals surface area contributed by atoms with Crippen LogP contribution in [0.4, 0.5) is 15.2 Å². The summed E-state index contributed by atoms with van der Waals surface area (Å²) in [6.45, 7) is 6.44. The minimum Gasteiger partial charge on any atom is -0.383 e. The number of hydrogen-bond donors (Lipinski definition) is 2. The molecule has 1 aromatic carbocycles. The number of nitrogens with two attached hydrogens (primary N) is 1. The van der Waals surface area contributed by atoms with Gasteiger partial charge >= 0.3 is 0 Å². The number of carbonyl (C=O) groups is 2. The van der Waals surface area contributed by atoms with Crippen LogP contribution in [0.25, 0.3) is 11.3 Å². The van der Waals surface area contributed by atoms with Gasteiger partial charge in [-0.2, -0.15) is 0 Å². The van der Waals surface area contributed by atoms with Gasteiger partial charge in [0.2, 0.25) is 5.91 Å². The van der Waals surface area contributed by atoms with E-state index in [1.807, 2.05) is 12.1 Å². The Morgan fingerprint density at radius 3 is 2.71 bits per heavy atom. The Hall–Kier alpha value is -3.93. The van der Waals surface area contributed by atoms with Gasteiger partial charge in [0.15, 0.2) is 5.13 Å². The number of carbonyl (C=O) groups excluding carboxylic acids is 2. The molecule has 3 N–H and O–H groups in total. The summed E-state index contributed by atoms with van der Waals surface area (Å²) in [6, 6.07) is 7.91. The van der Waals surface area contributed by atoms with E-state index >= 15 is 4.39 Å². The van der Waals surface area contributed by atoms with Crippen LogP contribution in [0.5, 0.6) is 0 Å². The number of allylic oxidation sites excluding steroid dienone is 2. The van der Waals surface area contributed by atoms with Crippen LogP contribution in [0.3, 0.4) is 0 Å². The molecule has 1 aliphatic carbocycles. The van der Waals surface area contributed by atoms with Crippen molar-refractivity contribution in [1.82, 2.24) is 14.9 Å². The molecule has 198 valence electrons. The summed E-state index contributed by atoms with van der Waals surface area (Å²) < 4.78 is 20.5. The second-order valence-electron chi connectivity index (χ2n) is 8.78. The number of nitrogens with zero attached hydrogens (tertiary/aromatic N) is 4. The first-order chi connectivity index (χ1) is 18.2. The van der Waals surface area contributed by atoms with Crippen LogP contribution in [-0.4, -0.2) is 54.0 Å². The zero-order chi connectivity index (χ0) is 27.4. The van der Waals surface area contributed by atoms with Crippen molar-refractivity contribution in [2.24, 2.45) is 5.84 Å². The molecule has 0 aliphatic heterocycles. The largest absolute Gasteiger partial charge is 0.383 e. The van der Waals surface area contributed by atoms with Gasteiger partial charge in [0.05, 0.1) is 28.6 Å². The molecule has 2 aromatic heterocycles. The fourth-order valence-corrected chi connectivity index (χ4v) is 5.31. The van der Waals surface area contributed by atoms with Crippen molar-refractivity contribution in [1.29, 1.82) is 0 Å². The molecule has 2 heterocycles. The van der Waals surface area contributed by atoms with E-state index in [9.17, 15) is 9.59 Å². The first-order valence-corrected chi connectivity index (χ1v) is 12.7. The Morgan fingerprint density at radius 2 is 2.05 bits per heavy atom. The number of anilines is 2. The number of thiazole rings is 1. The molecule has 0 radical (unpaired) electrons. The number of fused-ring (bicyclic) bond motifs is 1. The number of hydrogen-bond acceptors (Lipinski definition) is 8. The number of benzene rings is 1. The fourth-order valence-electron chi connectivity index (χ4n) is 4.18. The van der Waals surface area contributed by atoms with Gasteiger partial charge in [-0.05, 0) is 53.8 Å². The van der Waals surface area contributed by atoms with Crippen LogP contribution >= 0.6 is 11.3 Å². The summed E-state index contributed by atoms with van der Waals surface area (Å²) in [4.78, 5) is 35.3. The number of ether oxygens (including phenoxy) is 1. The number of likely N-dealkylation sites (N-methyl/N-ethyl adjacent to an activating group) is 1. The first kappa shape index (κ1) is 27.1. The number of halogens is 1. The number of pyridine rings is 1. The molecule has 0 atom stereocenters. The zero-order valence-electron chi connectivity index (χ0n) is 21.5. The third-order valence-corrected chi connectivity index (χ3v) is 7.16. The summed E-state index contributed by atoms with van der Waals surface area (Å²) >= 11 is 1.26. The smallest absolute Gasteiger partial charge is 0.253 e. The number of aryl methyl sites for hydroxylation is 1. The summed E-state index contributed by atoms with van der Waals surface area (Å²) in [5.41, 5.74) is 3.88. The summed E-state index contributed by atoms with van der Waals surface area (Å²) in [7, 11) is 3.18. The predicted octanol–water partition coefficient (Wildman–Crippen LogP) is 4.11. The summed E-state index contributed by atoms with van der Waals surface area (Å²) in [6.07, 6.45) is 4.53. The van der Waals surface area contributed by atoms with E-state index in [1.165, 1.54) is 40.3 Å². The lowest BCUT2D eigenvalue weighted by atomic mass is 9.89. The topological polar surface area (TPSA) is 114 Å². The minimum atomic E-state index is -0.656. The highest BCUT2D eigenvalue weighted by Gasteiger charge is 2.30. The van der Waals surface area contributed by atoms with E-state index in [4.69, 9.17) is 10.6 Å². The zero-order valence-corrected chi connectivity index (χ0v) is 22.3. The number of methoxy groups -OCH3 is 1.